The fraction of sp³-hybridized carbons (Fsp3) is 0.273. The number of methoxy groups -OCH3 is 2. The lowest BCUT2D eigenvalue weighted by Gasteiger charge is -2.06. The van der Waals surface area contributed by atoms with E-state index in [9.17, 15) is 4.79 Å². The van der Waals surface area contributed by atoms with Gasteiger partial charge in [-0.1, -0.05) is 0 Å². The molecule has 4 nitrogen and oxygen atoms in total. The van der Waals surface area contributed by atoms with E-state index in [0.717, 1.165) is 15.2 Å². The van der Waals surface area contributed by atoms with Gasteiger partial charge in [0.15, 0.2) is 0 Å². The first-order valence-electron chi connectivity index (χ1n) is 4.70. The number of aromatic nitrogens is 1. The zero-order valence-corrected chi connectivity index (χ0v) is 10.1. The standard InChI is InChI=1S/C11H11NO3S/c1-6-12-7-4-5-8(14-2)9(10(7)16-6)11(13)15-3/h4-5H,1-3H3. The number of fused-ring (bicyclic) bond motifs is 1. The van der Waals surface area contributed by atoms with Crippen molar-refractivity contribution in [2.45, 2.75) is 6.92 Å². The molecule has 84 valence electrons. The Balaban J connectivity index is 2.77. The zero-order valence-electron chi connectivity index (χ0n) is 9.23. The van der Waals surface area contributed by atoms with Gasteiger partial charge in [0.05, 0.1) is 29.4 Å². The van der Waals surface area contributed by atoms with Crippen molar-refractivity contribution in [3.05, 3.63) is 22.7 Å². The number of carbonyl (C=O) groups is 1. The SMILES string of the molecule is COC(=O)c1c(OC)ccc2nc(C)sc12. The molecule has 0 atom stereocenters. The third-order valence-electron chi connectivity index (χ3n) is 2.24. The van der Waals surface area contributed by atoms with Crippen molar-refractivity contribution in [3.63, 3.8) is 0 Å². The Hall–Kier alpha value is -1.62. The summed E-state index contributed by atoms with van der Waals surface area (Å²) >= 11 is 1.46. The molecule has 1 heterocycles. The maximum Gasteiger partial charge on any atom is 0.343 e. The molecule has 0 aliphatic heterocycles. The highest BCUT2D eigenvalue weighted by Gasteiger charge is 2.19. The molecule has 1 aromatic heterocycles. The number of esters is 1. The van der Waals surface area contributed by atoms with Gasteiger partial charge >= 0.3 is 5.97 Å². The average Bonchev–Trinajstić information content (AvgIpc) is 2.66. The molecule has 0 fully saturated rings. The normalized spacial score (nSPS) is 10.4. The molecule has 0 aliphatic rings. The fourth-order valence-electron chi connectivity index (χ4n) is 1.55. The van der Waals surface area contributed by atoms with Gasteiger partial charge in [0.25, 0.3) is 0 Å². The number of benzene rings is 1. The van der Waals surface area contributed by atoms with Crippen LogP contribution in [0.25, 0.3) is 10.2 Å². The van der Waals surface area contributed by atoms with Crippen LogP contribution in [0.5, 0.6) is 5.75 Å². The lowest BCUT2D eigenvalue weighted by atomic mass is 10.2. The summed E-state index contributed by atoms with van der Waals surface area (Å²) in [7, 11) is 2.88. The average molecular weight is 237 g/mol. The van der Waals surface area contributed by atoms with E-state index in [2.05, 4.69) is 4.98 Å². The minimum atomic E-state index is -0.397. The van der Waals surface area contributed by atoms with Gasteiger partial charge < -0.3 is 9.47 Å². The summed E-state index contributed by atoms with van der Waals surface area (Å²) in [5.74, 6) is 0.120. The van der Waals surface area contributed by atoms with E-state index in [4.69, 9.17) is 9.47 Å². The Morgan fingerprint density at radius 3 is 2.75 bits per heavy atom. The van der Waals surface area contributed by atoms with Crippen LogP contribution >= 0.6 is 11.3 Å². The Kier molecular flexibility index (Phi) is 2.78. The second-order valence-corrected chi connectivity index (χ2v) is 4.42. The van der Waals surface area contributed by atoms with Crippen LogP contribution in [0.4, 0.5) is 0 Å². The van der Waals surface area contributed by atoms with Gasteiger partial charge in [0.1, 0.15) is 11.3 Å². The van der Waals surface area contributed by atoms with Crippen molar-refractivity contribution in [3.8, 4) is 5.75 Å². The third kappa shape index (κ3) is 1.63. The van der Waals surface area contributed by atoms with Gasteiger partial charge in [-0.25, -0.2) is 9.78 Å². The van der Waals surface area contributed by atoms with Crippen LogP contribution in [0.3, 0.4) is 0 Å². The third-order valence-corrected chi connectivity index (χ3v) is 3.24. The van der Waals surface area contributed by atoms with E-state index in [1.807, 2.05) is 13.0 Å². The molecule has 5 heteroatoms. The second-order valence-electron chi connectivity index (χ2n) is 3.22. The number of carbonyl (C=O) groups excluding carboxylic acids is 1. The first kappa shape index (κ1) is 10.9. The minimum Gasteiger partial charge on any atom is -0.496 e. The van der Waals surface area contributed by atoms with Crippen LogP contribution in [0.2, 0.25) is 0 Å². The summed E-state index contributed by atoms with van der Waals surface area (Å²) in [6.07, 6.45) is 0. The molecule has 0 N–H and O–H groups in total. The molecule has 0 aliphatic carbocycles. The van der Waals surface area contributed by atoms with Gasteiger partial charge in [-0.15, -0.1) is 11.3 Å². The van der Waals surface area contributed by atoms with E-state index in [0.29, 0.717) is 11.3 Å². The number of aryl methyl sites for hydroxylation is 1. The summed E-state index contributed by atoms with van der Waals surface area (Å²) < 4.78 is 10.7. The van der Waals surface area contributed by atoms with Crippen LogP contribution in [-0.4, -0.2) is 25.2 Å². The lowest BCUT2D eigenvalue weighted by Crippen LogP contribution is -2.04. The molecule has 0 bridgehead atoms. The smallest absolute Gasteiger partial charge is 0.343 e. The molecule has 1 aromatic carbocycles. The summed E-state index contributed by atoms with van der Waals surface area (Å²) in [5, 5.41) is 0.911. The van der Waals surface area contributed by atoms with Crippen molar-refractivity contribution in [2.75, 3.05) is 14.2 Å². The predicted molar refractivity (Wildman–Crippen MR) is 62.2 cm³/mol. The summed E-state index contributed by atoms with van der Waals surface area (Å²) in [6, 6.07) is 3.57. The number of nitrogens with zero attached hydrogens (tertiary/aromatic N) is 1. The Bertz CT molecular complexity index is 547. The maximum absolute atomic E-state index is 11.7. The van der Waals surface area contributed by atoms with Crippen molar-refractivity contribution < 1.29 is 14.3 Å². The quantitative estimate of drug-likeness (QED) is 0.752. The Morgan fingerprint density at radius 1 is 1.38 bits per heavy atom. The molecule has 16 heavy (non-hydrogen) atoms. The van der Waals surface area contributed by atoms with Crippen LogP contribution < -0.4 is 4.74 Å². The first-order valence-corrected chi connectivity index (χ1v) is 5.51. The van der Waals surface area contributed by atoms with Gasteiger partial charge in [-0.05, 0) is 19.1 Å². The number of rotatable bonds is 2. The minimum absolute atomic E-state index is 0.397. The topological polar surface area (TPSA) is 48.4 Å². The second kappa shape index (κ2) is 4.09. The Morgan fingerprint density at radius 2 is 2.12 bits per heavy atom. The molecule has 0 unspecified atom stereocenters. The maximum atomic E-state index is 11.7. The summed E-state index contributed by atoms with van der Waals surface area (Å²) in [5.41, 5.74) is 1.25. The zero-order chi connectivity index (χ0) is 11.7. The number of thiazole rings is 1. The molecule has 0 saturated heterocycles. The van der Waals surface area contributed by atoms with Gasteiger partial charge in [-0.2, -0.15) is 0 Å². The van der Waals surface area contributed by atoms with E-state index in [1.54, 1.807) is 6.07 Å². The Labute approximate surface area is 96.8 Å². The van der Waals surface area contributed by atoms with Crippen molar-refractivity contribution in [2.24, 2.45) is 0 Å². The van der Waals surface area contributed by atoms with Crippen molar-refractivity contribution in [1.82, 2.24) is 4.98 Å². The fourth-order valence-corrected chi connectivity index (χ4v) is 2.49. The van der Waals surface area contributed by atoms with Crippen LogP contribution in [0, 0.1) is 6.92 Å². The van der Waals surface area contributed by atoms with E-state index in [-0.39, 0.29) is 0 Å². The molecule has 2 rings (SSSR count). The molecule has 0 spiro atoms. The van der Waals surface area contributed by atoms with Crippen LogP contribution in [0.15, 0.2) is 12.1 Å². The highest BCUT2D eigenvalue weighted by Crippen LogP contribution is 2.32. The van der Waals surface area contributed by atoms with E-state index >= 15 is 0 Å². The molecular weight excluding hydrogens is 226 g/mol. The van der Waals surface area contributed by atoms with Crippen molar-refractivity contribution in [1.29, 1.82) is 0 Å². The molecule has 0 amide bonds. The van der Waals surface area contributed by atoms with Gasteiger partial charge in [0, 0.05) is 0 Å². The predicted octanol–water partition coefficient (Wildman–Crippen LogP) is 2.40. The number of ether oxygens (including phenoxy) is 2. The van der Waals surface area contributed by atoms with Crippen molar-refractivity contribution >= 4 is 27.5 Å². The summed E-state index contributed by atoms with van der Waals surface area (Å²) in [6.45, 7) is 1.90. The first-order chi connectivity index (χ1) is 7.67. The molecule has 0 saturated carbocycles. The molecular formula is C11H11NO3S. The summed E-state index contributed by atoms with van der Waals surface area (Å²) in [4.78, 5) is 16.0. The lowest BCUT2D eigenvalue weighted by molar-refractivity contribution is 0.0599. The van der Waals surface area contributed by atoms with Gasteiger partial charge in [0.2, 0.25) is 0 Å². The largest absolute Gasteiger partial charge is 0.496 e. The monoisotopic (exact) mass is 237 g/mol. The number of hydrogen-bond acceptors (Lipinski definition) is 5. The van der Waals surface area contributed by atoms with Crippen LogP contribution in [0.1, 0.15) is 15.4 Å². The highest BCUT2D eigenvalue weighted by atomic mass is 32.1. The molecule has 2 aromatic rings. The molecule has 0 radical (unpaired) electrons. The van der Waals surface area contributed by atoms with E-state index < -0.39 is 5.97 Å². The number of hydrogen-bond donors (Lipinski definition) is 0. The highest BCUT2D eigenvalue weighted by molar-refractivity contribution is 7.19. The van der Waals surface area contributed by atoms with Crippen LogP contribution in [-0.2, 0) is 4.74 Å². The van der Waals surface area contributed by atoms with E-state index in [1.165, 1.54) is 25.6 Å². The van der Waals surface area contributed by atoms with Gasteiger partial charge in [-0.3, -0.25) is 0 Å².